The highest BCUT2D eigenvalue weighted by molar-refractivity contribution is 9.10. The van der Waals surface area contributed by atoms with E-state index >= 15 is 0 Å². The molecule has 3 nitrogen and oxygen atoms in total. The van der Waals surface area contributed by atoms with E-state index in [1.165, 1.54) is 25.2 Å². The lowest BCUT2D eigenvalue weighted by Gasteiger charge is -2.20. The molecule has 2 rings (SSSR count). The minimum atomic E-state index is -3.83. The maximum atomic E-state index is 12.6. The average Bonchev–Trinajstić information content (AvgIpc) is 2.43. The van der Waals surface area contributed by atoms with Crippen molar-refractivity contribution in [2.45, 2.75) is 4.90 Å². The maximum absolute atomic E-state index is 12.6. The Balaban J connectivity index is 2.52. The van der Waals surface area contributed by atoms with Crippen molar-refractivity contribution in [3.63, 3.8) is 0 Å². The van der Waals surface area contributed by atoms with Crippen LogP contribution in [0.25, 0.3) is 0 Å². The molecule has 0 saturated carbocycles. The molecule has 21 heavy (non-hydrogen) atoms. The van der Waals surface area contributed by atoms with E-state index in [1.807, 2.05) is 0 Å². The summed E-state index contributed by atoms with van der Waals surface area (Å²) in [5.41, 5.74) is 0.416. The molecule has 0 bridgehead atoms. The van der Waals surface area contributed by atoms with Gasteiger partial charge in [0.25, 0.3) is 10.0 Å². The second-order valence-electron chi connectivity index (χ2n) is 4.15. The normalized spacial score (nSPS) is 11.5. The maximum Gasteiger partial charge on any atom is 0.265 e. The lowest BCUT2D eigenvalue weighted by atomic mass is 10.3. The van der Waals surface area contributed by atoms with Crippen LogP contribution in [-0.2, 0) is 10.0 Å². The Kier molecular flexibility index (Phi) is 5.11. The predicted octanol–water partition coefficient (Wildman–Crippen LogP) is 5.23. The summed E-state index contributed by atoms with van der Waals surface area (Å²) in [5.74, 6) is 0. The van der Waals surface area contributed by atoms with Gasteiger partial charge in [-0.05, 0) is 52.3 Å². The first-order valence-electron chi connectivity index (χ1n) is 5.62. The van der Waals surface area contributed by atoms with Crippen LogP contribution >= 0.6 is 50.7 Å². The first-order chi connectivity index (χ1) is 9.73. The number of hydrogen-bond donors (Lipinski definition) is 0. The van der Waals surface area contributed by atoms with Gasteiger partial charge in [0, 0.05) is 16.5 Å². The fourth-order valence-corrected chi connectivity index (χ4v) is 3.99. The quantitative estimate of drug-likeness (QED) is 0.670. The highest BCUT2D eigenvalue weighted by Crippen LogP contribution is 2.32. The van der Waals surface area contributed by atoms with E-state index in [-0.39, 0.29) is 9.92 Å². The SMILES string of the molecule is CN(c1ccc(Br)c(Cl)c1)S(=O)(=O)c1cc(Cl)ccc1Cl. The summed E-state index contributed by atoms with van der Waals surface area (Å²) < 4.78 is 27.0. The van der Waals surface area contributed by atoms with Gasteiger partial charge in [-0.2, -0.15) is 0 Å². The number of sulfonamides is 1. The zero-order valence-corrected chi connectivity index (χ0v) is 15.3. The molecule has 0 aliphatic rings. The van der Waals surface area contributed by atoms with Crippen molar-refractivity contribution >= 4 is 66.4 Å². The monoisotopic (exact) mass is 427 g/mol. The van der Waals surface area contributed by atoms with Gasteiger partial charge < -0.3 is 0 Å². The zero-order chi connectivity index (χ0) is 15.8. The summed E-state index contributed by atoms with van der Waals surface area (Å²) in [6.45, 7) is 0. The van der Waals surface area contributed by atoms with Crippen molar-refractivity contribution in [2.75, 3.05) is 11.4 Å². The van der Waals surface area contributed by atoms with Crippen molar-refractivity contribution in [3.8, 4) is 0 Å². The summed E-state index contributed by atoms with van der Waals surface area (Å²) in [7, 11) is -2.41. The van der Waals surface area contributed by atoms with Crippen LogP contribution in [0, 0.1) is 0 Å². The molecule has 0 saturated heterocycles. The molecule has 0 aliphatic heterocycles. The smallest absolute Gasteiger partial charge is 0.265 e. The van der Waals surface area contributed by atoms with Gasteiger partial charge in [0.05, 0.1) is 15.7 Å². The Labute approximate surface area is 146 Å². The van der Waals surface area contributed by atoms with Crippen LogP contribution in [0.5, 0.6) is 0 Å². The number of anilines is 1. The number of benzene rings is 2. The summed E-state index contributed by atoms with van der Waals surface area (Å²) >= 11 is 21.1. The third-order valence-corrected chi connectivity index (χ3v) is 6.53. The topological polar surface area (TPSA) is 37.4 Å². The Hall–Kier alpha value is -0.460. The third-order valence-electron chi connectivity index (χ3n) is 2.80. The Morgan fingerprint density at radius 2 is 1.67 bits per heavy atom. The van der Waals surface area contributed by atoms with Gasteiger partial charge in [0.15, 0.2) is 0 Å². The first-order valence-corrected chi connectivity index (χ1v) is 8.99. The van der Waals surface area contributed by atoms with Crippen LogP contribution < -0.4 is 4.31 Å². The van der Waals surface area contributed by atoms with Crippen molar-refractivity contribution in [1.82, 2.24) is 0 Å². The van der Waals surface area contributed by atoms with Crippen molar-refractivity contribution in [2.24, 2.45) is 0 Å². The minimum Gasteiger partial charge on any atom is -0.269 e. The largest absolute Gasteiger partial charge is 0.269 e. The molecule has 0 aliphatic carbocycles. The van der Waals surface area contributed by atoms with Gasteiger partial charge in [0.1, 0.15) is 4.90 Å². The molecule has 0 spiro atoms. The minimum absolute atomic E-state index is 0.0572. The molecule has 0 atom stereocenters. The van der Waals surface area contributed by atoms with Gasteiger partial charge in [-0.25, -0.2) is 8.42 Å². The highest BCUT2D eigenvalue weighted by atomic mass is 79.9. The van der Waals surface area contributed by atoms with E-state index < -0.39 is 10.0 Å². The molecule has 2 aromatic rings. The zero-order valence-electron chi connectivity index (χ0n) is 10.6. The van der Waals surface area contributed by atoms with Crippen molar-refractivity contribution < 1.29 is 8.42 Å². The Morgan fingerprint density at radius 1 is 1.00 bits per heavy atom. The van der Waals surface area contributed by atoms with E-state index in [0.717, 1.165) is 4.31 Å². The van der Waals surface area contributed by atoms with Gasteiger partial charge in [0.2, 0.25) is 0 Å². The molecule has 0 radical (unpaired) electrons. The van der Waals surface area contributed by atoms with E-state index in [1.54, 1.807) is 18.2 Å². The van der Waals surface area contributed by atoms with Gasteiger partial charge in [-0.1, -0.05) is 34.8 Å². The van der Waals surface area contributed by atoms with Crippen LogP contribution in [0.2, 0.25) is 15.1 Å². The highest BCUT2D eigenvalue weighted by Gasteiger charge is 2.24. The summed E-state index contributed by atoms with van der Waals surface area (Å²) in [6.07, 6.45) is 0. The van der Waals surface area contributed by atoms with E-state index in [2.05, 4.69) is 15.9 Å². The molecular formula is C13H9BrCl3NO2S. The van der Waals surface area contributed by atoms with Crippen LogP contribution in [0.15, 0.2) is 45.8 Å². The first kappa shape index (κ1) is 16.9. The fraction of sp³-hybridized carbons (Fsp3) is 0.0769. The third kappa shape index (κ3) is 3.48. The molecule has 0 aromatic heterocycles. The number of hydrogen-bond acceptors (Lipinski definition) is 2. The standard InChI is InChI=1S/C13H9BrCl3NO2S/c1-18(9-3-4-10(14)12(17)7-9)21(19,20)13-6-8(15)2-5-11(13)16/h2-7H,1H3. The molecule has 0 amide bonds. The van der Waals surface area contributed by atoms with E-state index in [9.17, 15) is 8.42 Å². The molecule has 8 heteroatoms. The number of halogens is 4. The van der Waals surface area contributed by atoms with Crippen LogP contribution in [0.4, 0.5) is 5.69 Å². The molecule has 2 aromatic carbocycles. The van der Waals surface area contributed by atoms with Crippen LogP contribution in [0.3, 0.4) is 0 Å². The van der Waals surface area contributed by atoms with Crippen molar-refractivity contribution in [3.05, 3.63) is 55.9 Å². The van der Waals surface area contributed by atoms with Gasteiger partial charge in [-0.3, -0.25) is 4.31 Å². The average molecular weight is 430 g/mol. The van der Waals surface area contributed by atoms with E-state index in [4.69, 9.17) is 34.8 Å². The Morgan fingerprint density at radius 3 is 2.29 bits per heavy atom. The summed E-state index contributed by atoms with van der Waals surface area (Å²) in [4.78, 5) is -0.0572. The molecular weight excluding hydrogens is 420 g/mol. The summed E-state index contributed by atoms with van der Waals surface area (Å²) in [5, 5.41) is 0.807. The second kappa shape index (κ2) is 6.34. The summed E-state index contributed by atoms with van der Waals surface area (Å²) in [6, 6.07) is 9.13. The van der Waals surface area contributed by atoms with Crippen LogP contribution in [-0.4, -0.2) is 15.5 Å². The molecule has 0 unspecified atom stereocenters. The lowest BCUT2D eigenvalue weighted by molar-refractivity contribution is 0.594. The molecule has 0 heterocycles. The molecule has 112 valence electrons. The predicted molar refractivity (Wildman–Crippen MR) is 91.2 cm³/mol. The Bertz CT molecular complexity index is 796. The fourth-order valence-electron chi connectivity index (χ4n) is 1.64. The van der Waals surface area contributed by atoms with Gasteiger partial charge in [-0.15, -0.1) is 0 Å². The van der Waals surface area contributed by atoms with Crippen molar-refractivity contribution in [1.29, 1.82) is 0 Å². The van der Waals surface area contributed by atoms with Crippen LogP contribution in [0.1, 0.15) is 0 Å². The second-order valence-corrected chi connectivity index (χ2v) is 8.19. The van der Waals surface area contributed by atoms with E-state index in [0.29, 0.717) is 20.2 Å². The lowest BCUT2D eigenvalue weighted by Crippen LogP contribution is -2.26. The number of nitrogens with zero attached hydrogens (tertiary/aromatic N) is 1. The van der Waals surface area contributed by atoms with Gasteiger partial charge >= 0.3 is 0 Å². The molecule has 0 fully saturated rings. The molecule has 0 N–H and O–H groups in total. The number of rotatable bonds is 3.